The van der Waals surface area contributed by atoms with Gasteiger partial charge in [-0.2, -0.15) is 5.10 Å². The summed E-state index contributed by atoms with van der Waals surface area (Å²) >= 11 is 5.83. The van der Waals surface area contributed by atoms with Gasteiger partial charge >= 0.3 is 0 Å². The lowest BCUT2D eigenvalue weighted by atomic mass is 10.0. The molecule has 3 N–H and O–H groups in total. The minimum absolute atomic E-state index is 0.0456. The zero-order valence-corrected chi connectivity index (χ0v) is 12.0. The Balaban J connectivity index is 2.58. The van der Waals surface area contributed by atoms with Crippen molar-refractivity contribution in [2.75, 3.05) is 7.11 Å². The Kier molecular flexibility index (Phi) is 4.59. The second-order valence-corrected chi connectivity index (χ2v) is 4.56. The summed E-state index contributed by atoms with van der Waals surface area (Å²) in [4.78, 5) is 0. The Morgan fingerprint density at radius 3 is 2.90 bits per heavy atom. The summed E-state index contributed by atoms with van der Waals surface area (Å²) < 4.78 is 21.2. The van der Waals surface area contributed by atoms with Crippen LogP contribution < -0.4 is 16.0 Å². The zero-order chi connectivity index (χ0) is 14.7. The largest absolute Gasteiger partial charge is 0.493 e. The minimum atomic E-state index is -0.605. The molecule has 0 aliphatic rings. The molecule has 0 saturated heterocycles. The molecule has 0 bridgehead atoms. The van der Waals surface area contributed by atoms with Gasteiger partial charge in [0.25, 0.3) is 0 Å². The van der Waals surface area contributed by atoms with Gasteiger partial charge in [0, 0.05) is 12.1 Å². The van der Waals surface area contributed by atoms with Gasteiger partial charge in [0.15, 0.2) is 5.75 Å². The molecule has 1 atom stereocenters. The fourth-order valence-electron chi connectivity index (χ4n) is 2.14. The lowest BCUT2D eigenvalue weighted by Gasteiger charge is -2.20. The SMILES string of the molecule is CCn1ncc(OC)c1C(NN)c1cccc(Cl)c1F. The molecule has 0 aliphatic heterocycles. The predicted molar refractivity (Wildman–Crippen MR) is 75.0 cm³/mol. The molecule has 1 aromatic heterocycles. The van der Waals surface area contributed by atoms with Crippen LogP contribution in [-0.2, 0) is 6.54 Å². The third-order valence-corrected chi connectivity index (χ3v) is 3.39. The molecule has 2 rings (SSSR count). The number of methoxy groups -OCH3 is 1. The molecule has 108 valence electrons. The maximum atomic E-state index is 14.2. The first kappa shape index (κ1) is 14.8. The average molecular weight is 299 g/mol. The number of aryl methyl sites for hydroxylation is 1. The Bertz CT molecular complexity index is 581. The van der Waals surface area contributed by atoms with Gasteiger partial charge in [-0.15, -0.1) is 0 Å². The fourth-order valence-corrected chi connectivity index (χ4v) is 2.32. The monoisotopic (exact) mass is 298 g/mol. The van der Waals surface area contributed by atoms with E-state index >= 15 is 0 Å². The van der Waals surface area contributed by atoms with Gasteiger partial charge in [-0.1, -0.05) is 23.7 Å². The summed E-state index contributed by atoms with van der Waals surface area (Å²) in [6.07, 6.45) is 1.58. The highest BCUT2D eigenvalue weighted by Crippen LogP contribution is 2.32. The molecule has 0 amide bonds. The first-order chi connectivity index (χ1) is 9.63. The molecular weight excluding hydrogens is 283 g/mol. The van der Waals surface area contributed by atoms with Crippen molar-refractivity contribution in [2.45, 2.75) is 19.5 Å². The van der Waals surface area contributed by atoms with Gasteiger partial charge in [-0.3, -0.25) is 10.5 Å². The van der Waals surface area contributed by atoms with Crippen molar-refractivity contribution in [3.8, 4) is 5.75 Å². The van der Waals surface area contributed by atoms with Gasteiger partial charge in [-0.25, -0.2) is 9.82 Å². The van der Waals surface area contributed by atoms with Crippen molar-refractivity contribution in [3.05, 3.63) is 46.5 Å². The minimum Gasteiger partial charge on any atom is -0.493 e. The number of rotatable bonds is 5. The lowest BCUT2D eigenvalue weighted by Crippen LogP contribution is -2.31. The Morgan fingerprint density at radius 2 is 2.30 bits per heavy atom. The van der Waals surface area contributed by atoms with E-state index in [0.29, 0.717) is 23.6 Å². The standard InChI is InChI=1S/C13H16ClFN4O/c1-3-19-13(10(20-2)7-17-19)12(18-16)8-5-4-6-9(14)11(8)15/h4-7,12,18H,3,16H2,1-2H3. The second-order valence-electron chi connectivity index (χ2n) is 4.16. The van der Waals surface area contributed by atoms with E-state index in [1.165, 1.54) is 13.2 Å². The zero-order valence-electron chi connectivity index (χ0n) is 11.2. The van der Waals surface area contributed by atoms with E-state index in [-0.39, 0.29) is 5.02 Å². The van der Waals surface area contributed by atoms with Gasteiger partial charge in [0.1, 0.15) is 11.5 Å². The third kappa shape index (κ3) is 2.49. The average Bonchev–Trinajstić information content (AvgIpc) is 2.87. The quantitative estimate of drug-likeness (QED) is 0.656. The topological polar surface area (TPSA) is 65.1 Å². The van der Waals surface area contributed by atoms with Crippen molar-refractivity contribution in [1.29, 1.82) is 0 Å². The molecule has 0 aliphatic carbocycles. The van der Waals surface area contributed by atoms with E-state index in [9.17, 15) is 4.39 Å². The van der Waals surface area contributed by atoms with Crippen LogP contribution in [0, 0.1) is 5.82 Å². The Morgan fingerprint density at radius 1 is 1.55 bits per heavy atom. The summed E-state index contributed by atoms with van der Waals surface area (Å²) in [5, 5.41) is 4.24. The number of halogens is 2. The van der Waals surface area contributed by atoms with Crippen LogP contribution in [-0.4, -0.2) is 16.9 Å². The summed E-state index contributed by atoms with van der Waals surface area (Å²) in [5.41, 5.74) is 3.59. The molecule has 0 saturated carbocycles. The summed E-state index contributed by atoms with van der Waals surface area (Å²) in [5.74, 6) is 5.63. The molecule has 0 fully saturated rings. The predicted octanol–water partition coefficient (Wildman–Crippen LogP) is 2.26. The second kappa shape index (κ2) is 6.21. The first-order valence-electron chi connectivity index (χ1n) is 6.13. The molecule has 7 heteroatoms. The van der Waals surface area contributed by atoms with E-state index in [4.69, 9.17) is 22.2 Å². The van der Waals surface area contributed by atoms with E-state index in [1.807, 2.05) is 6.92 Å². The van der Waals surface area contributed by atoms with Crippen LogP contribution in [0.4, 0.5) is 4.39 Å². The molecule has 1 aromatic carbocycles. The van der Waals surface area contributed by atoms with Crippen LogP contribution in [0.1, 0.15) is 24.2 Å². The van der Waals surface area contributed by atoms with Crippen molar-refractivity contribution >= 4 is 11.6 Å². The lowest BCUT2D eigenvalue weighted by molar-refractivity contribution is 0.398. The highest BCUT2D eigenvalue weighted by atomic mass is 35.5. The van der Waals surface area contributed by atoms with E-state index in [0.717, 1.165) is 0 Å². The first-order valence-corrected chi connectivity index (χ1v) is 6.51. The summed E-state index contributed by atoms with van der Waals surface area (Å²) in [6.45, 7) is 2.54. The number of ether oxygens (including phenoxy) is 1. The van der Waals surface area contributed by atoms with Crippen LogP contribution in [0.3, 0.4) is 0 Å². The van der Waals surface area contributed by atoms with E-state index in [1.54, 1.807) is 23.0 Å². The van der Waals surface area contributed by atoms with Crippen molar-refractivity contribution in [3.63, 3.8) is 0 Å². The van der Waals surface area contributed by atoms with Crippen LogP contribution in [0.2, 0.25) is 5.02 Å². The van der Waals surface area contributed by atoms with E-state index in [2.05, 4.69) is 10.5 Å². The molecular formula is C13H16ClFN4O. The smallest absolute Gasteiger partial charge is 0.161 e. The number of nitrogens with one attached hydrogen (secondary N) is 1. The number of nitrogens with two attached hydrogens (primary N) is 1. The maximum Gasteiger partial charge on any atom is 0.161 e. The maximum absolute atomic E-state index is 14.2. The molecule has 1 heterocycles. The normalized spacial score (nSPS) is 12.4. The molecule has 2 aromatic rings. The summed E-state index contributed by atoms with van der Waals surface area (Å²) in [7, 11) is 1.53. The van der Waals surface area contributed by atoms with Crippen molar-refractivity contribution in [2.24, 2.45) is 5.84 Å². The summed E-state index contributed by atoms with van der Waals surface area (Å²) in [6, 6.07) is 4.18. The number of hydrogen-bond acceptors (Lipinski definition) is 4. The molecule has 20 heavy (non-hydrogen) atoms. The van der Waals surface area contributed by atoms with Crippen molar-refractivity contribution in [1.82, 2.24) is 15.2 Å². The van der Waals surface area contributed by atoms with E-state index < -0.39 is 11.9 Å². The molecule has 5 nitrogen and oxygen atoms in total. The number of aromatic nitrogens is 2. The van der Waals surface area contributed by atoms with Gasteiger partial charge in [-0.05, 0) is 13.0 Å². The number of hydrazine groups is 1. The van der Waals surface area contributed by atoms with Crippen LogP contribution in [0.25, 0.3) is 0 Å². The molecule has 0 radical (unpaired) electrons. The van der Waals surface area contributed by atoms with Gasteiger partial charge < -0.3 is 4.74 Å². The van der Waals surface area contributed by atoms with Crippen molar-refractivity contribution < 1.29 is 9.13 Å². The van der Waals surface area contributed by atoms with Crippen LogP contribution in [0.5, 0.6) is 5.75 Å². The van der Waals surface area contributed by atoms with Gasteiger partial charge in [0.05, 0.1) is 24.4 Å². The number of nitrogens with zero attached hydrogens (tertiary/aromatic N) is 2. The highest BCUT2D eigenvalue weighted by molar-refractivity contribution is 6.30. The van der Waals surface area contributed by atoms with Crippen LogP contribution in [0.15, 0.2) is 24.4 Å². The third-order valence-electron chi connectivity index (χ3n) is 3.10. The number of benzene rings is 1. The van der Waals surface area contributed by atoms with Gasteiger partial charge in [0.2, 0.25) is 0 Å². The molecule has 0 spiro atoms. The molecule has 1 unspecified atom stereocenters. The Labute approximate surface area is 121 Å². The fraction of sp³-hybridized carbons (Fsp3) is 0.308. The highest BCUT2D eigenvalue weighted by Gasteiger charge is 2.25. The van der Waals surface area contributed by atoms with Crippen LogP contribution >= 0.6 is 11.6 Å². The Hall–Kier alpha value is -1.63. The number of hydrogen-bond donors (Lipinski definition) is 2.